The molecule has 3 heteroatoms. The van der Waals surface area contributed by atoms with Crippen molar-refractivity contribution < 1.29 is 0 Å². The van der Waals surface area contributed by atoms with Crippen molar-refractivity contribution in [2.75, 3.05) is 12.4 Å². The van der Waals surface area contributed by atoms with Gasteiger partial charge in [-0.1, -0.05) is 29.8 Å². The molecule has 104 valence electrons. The van der Waals surface area contributed by atoms with Crippen molar-refractivity contribution in [1.82, 2.24) is 9.38 Å². The van der Waals surface area contributed by atoms with Gasteiger partial charge in [0.15, 0.2) is 0 Å². The summed E-state index contributed by atoms with van der Waals surface area (Å²) in [6.07, 6.45) is 5.27. The molecule has 3 nitrogen and oxygen atoms in total. The van der Waals surface area contributed by atoms with Crippen LogP contribution in [0.4, 0.5) is 5.82 Å². The molecule has 21 heavy (non-hydrogen) atoms. The Hall–Kier alpha value is -2.55. The molecule has 0 saturated heterocycles. The maximum absolute atomic E-state index is 4.80. The molecule has 1 aromatic carbocycles. The van der Waals surface area contributed by atoms with E-state index in [0.717, 1.165) is 23.6 Å². The fourth-order valence-corrected chi connectivity index (χ4v) is 3.06. The van der Waals surface area contributed by atoms with E-state index in [1.165, 1.54) is 22.3 Å². The number of aromatic nitrogens is 2. The molecular weight excluding hydrogens is 258 g/mol. The number of nitrogens with zero attached hydrogens (tertiary/aromatic N) is 2. The van der Waals surface area contributed by atoms with Crippen LogP contribution in [-0.2, 0) is 6.42 Å². The van der Waals surface area contributed by atoms with Crippen LogP contribution in [0.15, 0.2) is 42.6 Å². The van der Waals surface area contributed by atoms with Crippen molar-refractivity contribution in [2.24, 2.45) is 0 Å². The van der Waals surface area contributed by atoms with Gasteiger partial charge in [0, 0.05) is 19.7 Å². The molecule has 0 radical (unpaired) electrons. The topological polar surface area (TPSA) is 29.3 Å². The third-order valence-electron chi connectivity index (χ3n) is 4.08. The monoisotopic (exact) mass is 275 g/mol. The summed E-state index contributed by atoms with van der Waals surface area (Å²) in [5, 5.41) is 3.29. The zero-order valence-corrected chi connectivity index (χ0v) is 12.2. The van der Waals surface area contributed by atoms with E-state index in [2.05, 4.69) is 40.9 Å². The molecule has 0 spiro atoms. The van der Waals surface area contributed by atoms with Crippen molar-refractivity contribution in [2.45, 2.75) is 13.3 Å². The number of imidazole rings is 1. The van der Waals surface area contributed by atoms with E-state index in [1.807, 2.05) is 31.4 Å². The van der Waals surface area contributed by atoms with Gasteiger partial charge >= 0.3 is 0 Å². The average Bonchev–Trinajstić information content (AvgIpc) is 3.06. The van der Waals surface area contributed by atoms with Gasteiger partial charge in [0.05, 0.1) is 0 Å². The maximum atomic E-state index is 4.80. The van der Waals surface area contributed by atoms with Crippen LogP contribution >= 0.6 is 0 Å². The quantitative estimate of drug-likeness (QED) is 0.771. The number of aryl methyl sites for hydroxylation is 1. The Labute approximate surface area is 124 Å². The summed E-state index contributed by atoms with van der Waals surface area (Å²) < 4.78 is 2.10. The largest absolute Gasteiger partial charge is 0.372 e. The van der Waals surface area contributed by atoms with Gasteiger partial charge in [-0.15, -0.1) is 0 Å². The van der Waals surface area contributed by atoms with Gasteiger partial charge < -0.3 is 5.32 Å². The van der Waals surface area contributed by atoms with E-state index >= 15 is 0 Å². The molecule has 2 heterocycles. The molecule has 1 aliphatic rings. The Morgan fingerprint density at radius 2 is 2.10 bits per heavy atom. The molecule has 0 fully saturated rings. The Balaban J connectivity index is 1.87. The highest BCUT2D eigenvalue weighted by Crippen LogP contribution is 2.35. The van der Waals surface area contributed by atoms with E-state index in [9.17, 15) is 0 Å². The SMILES string of the molecule is CNc1c(C2=Cc3cc(C)ccc3C2)nc2ccccn12. The first-order valence-corrected chi connectivity index (χ1v) is 7.21. The molecule has 2 aromatic heterocycles. The number of fused-ring (bicyclic) bond motifs is 2. The summed E-state index contributed by atoms with van der Waals surface area (Å²) in [5.41, 5.74) is 7.32. The summed E-state index contributed by atoms with van der Waals surface area (Å²) in [6, 6.07) is 12.7. The van der Waals surface area contributed by atoms with Crippen LogP contribution in [0.5, 0.6) is 0 Å². The number of rotatable bonds is 2. The van der Waals surface area contributed by atoms with E-state index < -0.39 is 0 Å². The number of nitrogens with one attached hydrogen (secondary N) is 1. The van der Waals surface area contributed by atoms with Gasteiger partial charge in [-0.05, 0) is 41.8 Å². The smallest absolute Gasteiger partial charge is 0.139 e. The lowest BCUT2D eigenvalue weighted by molar-refractivity contribution is 1.17. The summed E-state index contributed by atoms with van der Waals surface area (Å²) in [7, 11) is 1.95. The minimum absolute atomic E-state index is 0.953. The maximum Gasteiger partial charge on any atom is 0.139 e. The number of hydrogen-bond acceptors (Lipinski definition) is 2. The van der Waals surface area contributed by atoms with Gasteiger partial charge in [-0.25, -0.2) is 4.98 Å². The van der Waals surface area contributed by atoms with Crippen molar-refractivity contribution in [1.29, 1.82) is 0 Å². The fourth-order valence-electron chi connectivity index (χ4n) is 3.06. The summed E-state index contributed by atoms with van der Waals surface area (Å²) in [5.74, 6) is 1.06. The summed E-state index contributed by atoms with van der Waals surface area (Å²) >= 11 is 0. The molecule has 1 aliphatic carbocycles. The Morgan fingerprint density at radius 3 is 2.95 bits per heavy atom. The van der Waals surface area contributed by atoms with Crippen LogP contribution in [0.25, 0.3) is 17.3 Å². The highest BCUT2D eigenvalue weighted by atomic mass is 15.1. The Kier molecular flexibility index (Phi) is 2.61. The standard InChI is InChI=1S/C18H17N3/c1-12-6-7-13-10-15(11-14(13)9-12)17-18(19-2)21-8-4-3-5-16(21)20-17/h3-9,11,19H,10H2,1-2H3. The van der Waals surface area contributed by atoms with Crippen molar-refractivity contribution >= 4 is 23.1 Å². The predicted molar refractivity (Wildman–Crippen MR) is 87.5 cm³/mol. The second-order valence-corrected chi connectivity index (χ2v) is 5.54. The van der Waals surface area contributed by atoms with Crippen LogP contribution < -0.4 is 5.32 Å². The minimum atomic E-state index is 0.953. The molecule has 0 amide bonds. The average molecular weight is 275 g/mol. The lowest BCUT2D eigenvalue weighted by Gasteiger charge is -2.04. The van der Waals surface area contributed by atoms with Crippen molar-refractivity contribution in [3.05, 3.63) is 65.0 Å². The lowest BCUT2D eigenvalue weighted by Crippen LogP contribution is -1.97. The minimum Gasteiger partial charge on any atom is -0.372 e. The van der Waals surface area contributed by atoms with Crippen LogP contribution in [0.1, 0.15) is 22.4 Å². The number of pyridine rings is 1. The van der Waals surface area contributed by atoms with Gasteiger partial charge in [0.25, 0.3) is 0 Å². The van der Waals surface area contributed by atoms with Crippen LogP contribution in [0, 0.1) is 6.92 Å². The number of hydrogen-bond donors (Lipinski definition) is 1. The van der Waals surface area contributed by atoms with Gasteiger partial charge in [0.2, 0.25) is 0 Å². The van der Waals surface area contributed by atoms with Gasteiger partial charge in [0.1, 0.15) is 17.2 Å². The summed E-state index contributed by atoms with van der Waals surface area (Å²) in [4.78, 5) is 4.80. The number of allylic oxidation sites excluding steroid dienone is 1. The highest BCUT2D eigenvalue weighted by molar-refractivity contribution is 5.91. The van der Waals surface area contributed by atoms with Gasteiger partial charge in [-0.3, -0.25) is 4.40 Å². The van der Waals surface area contributed by atoms with E-state index in [4.69, 9.17) is 4.98 Å². The van der Waals surface area contributed by atoms with Crippen molar-refractivity contribution in [3.8, 4) is 0 Å². The van der Waals surface area contributed by atoms with Crippen molar-refractivity contribution in [3.63, 3.8) is 0 Å². The highest BCUT2D eigenvalue weighted by Gasteiger charge is 2.20. The molecule has 0 bridgehead atoms. The lowest BCUT2D eigenvalue weighted by atomic mass is 10.1. The normalized spacial score (nSPS) is 13.3. The van der Waals surface area contributed by atoms with E-state index in [-0.39, 0.29) is 0 Å². The molecule has 0 aliphatic heterocycles. The summed E-state index contributed by atoms with van der Waals surface area (Å²) in [6.45, 7) is 2.13. The Bertz CT molecular complexity index is 871. The first-order valence-electron chi connectivity index (χ1n) is 7.21. The predicted octanol–water partition coefficient (Wildman–Crippen LogP) is 3.78. The van der Waals surface area contributed by atoms with E-state index in [1.54, 1.807) is 0 Å². The fraction of sp³-hybridized carbons (Fsp3) is 0.167. The zero-order chi connectivity index (χ0) is 14.4. The molecule has 0 unspecified atom stereocenters. The molecular formula is C18H17N3. The molecule has 0 saturated carbocycles. The van der Waals surface area contributed by atoms with E-state index in [0.29, 0.717) is 0 Å². The Morgan fingerprint density at radius 1 is 1.19 bits per heavy atom. The molecule has 4 rings (SSSR count). The first-order chi connectivity index (χ1) is 10.3. The molecule has 1 N–H and O–H groups in total. The number of anilines is 1. The van der Waals surface area contributed by atoms with Crippen LogP contribution in [-0.4, -0.2) is 16.4 Å². The van der Waals surface area contributed by atoms with Gasteiger partial charge in [-0.2, -0.15) is 0 Å². The second-order valence-electron chi connectivity index (χ2n) is 5.54. The van der Waals surface area contributed by atoms with Crippen LogP contribution in [0.2, 0.25) is 0 Å². The third-order valence-corrected chi connectivity index (χ3v) is 4.08. The molecule has 3 aromatic rings. The first kappa shape index (κ1) is 12.2. The molecule has 0 atom stereocenters. The zero-order valence-electron chi connectivity index (χ0n) is 12.2. The van der Waals surface area contributed by atoms with Crippen LogP contribution in [0.3, 0.4) is 0 Å². The number of benzene rings is 1. The third kappa shape index (κ3) is 1.85. The second kappa shape index (κ2) is 4.48.